The molecule has 1 aromatic heterocycles. The molecular formula is C27H30F3N4NaO2. The first-order valence-electron chi connectivity index (χ1n) is 12.0. The van der Waals surface area contributed by atoms with Crippen LogP contribution in [0.2, 0.25) is 0 Å². The maximum atomic E-state index is 13.0. The molecule has 6 nitrogen and oxygen atoms in total. The number of alkyl halides is 3. The molecule has 0 radical (unpaired) electrons. The van der Waals surface area contributed by atoms with E-state index in [2.05, 4.69) is 15.2 Å². The molecule has 1 aliphatic heterocycles. The van der Waals surface area contributed by atoms with E-state index in [0.29, 0.717) is 18.8 Å². The van der Waals surface area contributed by atoms with Gasteiger partial charge in [0.15, 0.2) is 0 Å². The van der Waals surface area contributed by atoms with Gasteiger partial charge in [0.25, 0.3) is 0 Å². The Bertz CT molecular complexity index is 1170. The summed E-state index contributed by atoms with van der Waals surface area (Å²) in [4.78, 5) is 19.8. The molecule has 10 heteroatoms. The van der Waals surface area contributed by atoms with Crippen molar-refractivity contribution in [2.75, 3.05) is 49.5 Å². The van der Waals surface area contributed by atoms with E-state index in [0.717, 1.165) is 62.0 Å². The molecule has 192 valence electrons. The summed E-state index contributed by atoms with van der Waals surface area (Å²) in [6, 6.07) is 16.1. The van der Waals surface area contributed by atoms with Gasteiger partial charge < -0.3 is 15.3 Å². The Kier molecular flexibility index (Phi) is 10.4. The van der Waals surface area contributed by atoms with Gasteiger partial charge in [-0.3, -0.25) is 4.90 Å². The number of piperazine rings is 1. The van der Waals surface area contributed by atoms with Gasteiger partial charge >= 0.3 is 41.7 Å². The van der Waals surface area contributed by atoms with Gasteiger partial charge in [0.2, 0.25) is 0 Å². The second kappa shape index (κ2) is 13.3. The molecule has 0 spiro atoms. The average Bonchev–Trinajstić information content (AvgIpc) is 2.89. The SMILES string of the molecule is O=C(O)c1ccc(-c2ccnc(NCCCCN3CCN(c4cccc(C(F)(F)F)c4)CC3)c2)cc1.[NaH]. The van der Waals surface area contributed by atoms with Crippen LogP contribution < -0.4 is 10.2 Å². The fourth-order valence-electron chi connectivity index (χ4n) is 4.30. The van der Waals surface area contributed by atoms with Crippen molar-refractivity contribution < 1.29 is 23.1 Å². The molecule has 2 heterocycles. The molecule has 1 fully saturated rings. The minimum atomic E-state index is -4.32. The molecule has 0 aliphatic carbocycles. The number of carboxylic acid groups (broad SMARTS) is 1. The van der Waals surface area contributed by atoms with E-state index in [1.165, 1.54) is 12.1 Å². The second-order valence-corrected chi connectivity index (χ2v) is 8.82. The summed E-state index contributed by atoms with van der Waals surface area (Å²) in [6.07, 6.45) is -0.622. The summed E-state index contributed by atoms with van der Waals surface area (Å²) < 4.78 is 39.0. The van der Waals surface area contributed by atoms with Crippen molar-refractivity contribution in [1.29, 1.82) is 0 Å². The van der Waals surface area contributed by atoms with Crippen LogP contribution in [0.15, 0.2) is 66.9 Å². The summed E-state index contributed by atoms with van der Waals surface area (Å²) in [6.45, 7) is 4.80. The van der Waals surface area contributed by atoms with Gasteiger partial charge in [-0.05, 0) is 73.0 Å². The second-order valence-electron chi connectivity index (χ2n) is 8.82. The third kappa shape index (κ3) is 8.20. The van der Waals surface area contributed by atoms with Crippen LogP contribution in [0, 0.1) is 0 Å². The van der Waals surface area contributed by atoms with Crippen LogP contribution in [0.4, 0.5) is 24.7 Å². The minimum absolute atomic E-state index is 0. The molecule has 0 amide bonds. The first kappa shape index (κ1) is 29.0. The van der Waals surface area contributed by atoms with E-state index < -0.39 is 17.7 Å². The number of pyridine rings is 1. The van der Waals surface area contributed by atoms with Crippen LogP contribution in [0.25, 0.3) is 11.1 Å². The van der Waals surface area contributed by atoms with Crippen molar-refractivity contribution in [1.82, 2.24) is 9.88 Å². The number of nitrogens with one attached hydrogen (secondary N) is 1. The number of benzene rings is 2. The first-order valence-corrected chi connectivity index (χ1v) is 12.0. The van der Waals surface area contributed by atoms with Crippen molar-refractivity contribution in [2.24, 2.45) is 0 Å². The van der Waals surface area contributed by atoms with Gasteiger partial charge in [0.05, 0.1) is 11.1 Å². The molecule has 0 atom stereocenters. The number of carbonyl (C=O) groups is 1. The van der Waals surface area contributed by atoms with Crippen LogP contribution >= 0.6 is 0 Å². The van der Waals surface area contributed by atoms with Gasteiger partial charge in [-0.25, -0.2) is 9.78 Å². The quantitative estimate of drug-likeness (QED) is 0.310. The molecule has 37 heavy (non-hydrogen) atoms. The van der Waals surface area contributed by atoms with Crippen molar-refractivity contribution in [3.05, 3.63) is 78.0 Å². The fourth-order valence-corrected chi connectivity index (χ4v) is 4.30. The van der Waals surface area contributed by atoms with Crippen molar-refractivity contribution in [3.8, 4) is 11.1 Å². The average molecular weight is 523 g/mol. The number of aromatic carboxylic acids is 1. The zero-order valence-electron chi connectivity index (χ0n) is 19.8. The van der Waals surface area contributed by atoms with Crippen molar-refractivity contribution in [3.63, 3.8) is 0 Å². The van der Waals surface area contributed by atoms with E-state index in [4.69, 9.17) is 5.11 Å². The Hall–Kier alpha value is -2.59. The number of anilines is 2. The summed E-state index contributed by atoms with van der Waals surface area (Å²) in [7, 11) is 0. The molecule has 1 saturated heterocycles. The molecule has 3 aromatic rings. The summed E-state index contributed by atoms with van der Waals surface area (Å²) in [5.41, 5.74) is 2.16. The predicted octanol–water partition coefficient (Wildman–Crippen LogP) is 4.83. The molecule has 0 bridgehead atoms. The van der Waals surface area contributed by atoms with Gasteiger partial charge in [0, 0.05) is 44.6 Å². The number of rotatable bonds is 9. The molecule has 4 rings (SSSR count). The van der Waals surface area contributed by atoms with Crippen LogP contribution in [0.5, 0.6) is 0 Å². The number of hydrogen-bond donors (Lipinski definition) is 2. The van der Waals surface area contributed by atoms with E-state index >= 15 is 0 Å². The third-order valence-corrected chi connectivity index (χ3v) is 6.34. The number of aromatic nitrogens is 1. The maximum absolute atomic E-state index is 13.0. The predicted molar refractivity (Wildman–Crippen MR) is 142 cm³/mol. The molecule has 2 aromatic carbocycles. The third-order valence-electron chi connectivity index (χ3n) is 6.34. The van der Waals surface area contributed by atoms with E-state index in [-0.39, 0.29) is 35.1 Å². The van der Waals surface area contributed by atoms with E-state index in [9.17, 15) is 18.0 Å². The van der Waals surface area contributed by atoms with Gasteiger partial charge in [-0.15, -0.1) is 0 Å². The first-order chi connectivity index (χ1) is 17.3. The van der Waals surface area contributed by atoms with Crippen molar-refractivity contribution in [2.45, 2.75) is 19.0 Å². The molecular weight excluding hydrogens is 492 g/mol. The summed E-state index contributed by atoms with van der Waals surface area (Å²) in [5, 5.41) is 12.4. The zero-order chi connectivity index (χ0) is 25.5. The number of halogens is 3. The Labute approximate surface area is 236 Å². The van der Waals surface area contributed by atoms with Crippen molar-refractivity contribution >= 4 is 47.0 Å². The van der Waals surface area contributed by atoms with E-state index in [1.807, 2.05) is 17.0 Å². The Morgan fingerprint density at radius 3 is 2.35 bits per heavy atom. The van der Waals surface area contributed by atoms with Gasteiger partial charge in [-0.1, -0.05) is 18.2 Å². The van der Waals surface area contributed by atoms with Crippen LogP contribution in [0.3, 0.4) is 0 Å². The number of nitrogens with zero attached hydrogens (tertiary/aromatic N) is 3. The summed E-state index contributed by atoms with van der Waals surface area (Å²) >= 11 is 0. The Morgan fingerprint density at radius 2 is 1.68 bits per heavy atom. The van der Waals surface area contributed by atoms with Crippen LogP contribution in [-0.4, -0.2) is 89.8 Å². The molecule has 2 N–H and O–H groups in total. The fraction of sp³-hybridized carbons (Fsp3) is 0.333. The summed E-state index contributed by atoms with van der Waals surface area (Å²) in [5.74, 6) is -0.180. The topological polar surface area (TPSA) is 68.7 Å². The number of unbranched alkanes of at least 4 members (excludes halogenated alkanes) is 1. The Balaban J connectivity index is 0.00000380. The monoisotopic (exact) mass is 522 g/mol. The molecule has 0 unspecified atom stereocenters. The normalized spacial score (nSPS) is 14.2. The molecule has 0 saturated carbocycles. The standard InChI is InChI=1S/C27H29F3N4O2.Na.H/c28-27(29,30)23-4-3-5-24(19-23)34-16-14-33(15-17-34)13-2-1-11-31-25-18-22(10-12-32-25)20-6-8-21(9-7-20)26(35)36;;/h3-10,12,18-19H,1-2,11,13-17H2,(H,31,32)(H,35,36);;. The Morgan fingerprint density at radius 1 is 0.946 bits per heavy atom. The van der Waals surface area contributed by atoms with E-state index in [1.54, 1.807) is 36.5 Å². The van der Waals surface area contributed by atoms with Gasteiger partial charge in [-0.2, -0.15) is 13.2 Å². The van der Waals surface area contributed by atoms with Crippen LogP contribution in [0.1, 0.15) is 28.8 Å². The molecule has 1 aliphatic rings. The number of hydrogen-bond acceptors (Lipinski definition) is 5. The van der Waals surface area contributed by atoms with Gasteiger partial charge in [0.1, 0.15) is 5.82 Å². The number of carboxylic acids is 1. The van der Waals surface area contributed by atoms with Crippen LogP contribution in [-0.2, 0) is 6.18 Å². The zero-order valence-corrected chi connectivity index (χ0v) is 19.8.